The van der Waals surface area contributed by atoms with Crippen LogP contribution in [0.4, 0.5) is 17.1 Å². The quantitative estimate of drug-likeness (QED) is 0.158. The lowest BCUT2D eigenvalue weighted by Crippen LogP contribution is -2.10. The Kier molecular flexibility index (Phi) is 8.19. The SMILES string of the molecule is c1ccc(-c2cccc(-c3ccc(N(c4ccc(-n5c6ccccc6c6c7c(-c8ccccc8)cccc7ccc65)cc4)c4cccc5ccccc45)cc3)c2)cc1. The van der Waals surface area contributed by atoms with E-state index in [4.69, 9.17) is 0 Å². The van der Waals surface area contributed by atoms with Crippen LogP contribution in [0.25, 0.3) is 82.4 Å². The van der Waals surface area contributed by atoms with Crippen molar-refractivity contribution in [3.63, 3.8) is 0 Å². The Bertz CT molecular complexity index is 3250. The van der Waals surface area contributed by atoms with Gasteiger partial charge in [-0.25, -0.2) is 0 Å². The second-order valence-corrected chi connectivity index (χ2v) is 14.9. The van der Waals surface area contributed by atoms with E-state index in [1.807, 2.05) is 0 Å². The standard InChI is InChI=1S/C56H38N2/c1-3-14-39(15-4-1)44-21-11-22-45(38-44)40-28-31-46(32-29-40)57(52-27-13-19-41-18-7-8-23-49(41)52)47-33-35-48(36-34-47)58-53-26-10-9-24-51(53)56-54(58)37-30-43-20-12-25-50(55(43)56)42-16-5-2-6-17-42/h1-38H. The third-order valence-corrected chi connectivity index (χ3v) is 11.6. The van der Waals surface area contributed by atoms with Crippen LogP contribution in [0.3, 0.4) is 0 Å². The lowest BCUT2D eigenvalue weighted by atomic mass is 9.94. The van der Waals surface area contributed by atoms with E-state index in [0.29, 0.717) is 0 Å². The Morgan fingerprint density at radius 3 is 1.62 bits per heavy atom. The summed E-state index contributed by atoms with van der Waals surface area (Å²) in [6, 6.07) is 83.6. The minimum absolute atomic E-state index is 1.09. The number of benzene rings is 10. The van der Waals surface area contributed by atoms with Gasteiger partial charge in [-0.2, -0.15) is 0 Å². The van der Waals surface area contributed by atoms with Gasteiger partial charge in [0.2, 0.25) is 0 Å². The van der Waals surface area contributed by atoms with E-state index in [2.05, 4.69) is 240 Å². The lowest BCUT2D eigenvalue weighted by molar-refractivity contribution is 1.17. The van der Waals surface area contributed by atoms with Crippen LogP contribution in [0.1, 0.15) is 0 Å². The van der Waals surface area contributed by atoms with Crippen molar-refractivity contribution in [2.75, 3.05) is 4.90 Å². The summed E-state index contributed by atoms with van der Waals surface area (Å²) in [5, 5.41) is 7.48. The van der Waals surface area contributed by atoms with Gasteiger partial charge in [0.15, 0.2) is 0 Å². The zero-order valence-corrected chi connectivity index (χ0v) is 31.8. The van der Waals surface area contributed by atoms with Gasteiger partial charge in [0, 0.05) is 33.2 Å². The van der Waals surface area contributed by atoms with Gasteiger partial charge >= 0.3 is 0 Å². The molecular weight excluding hydrogens is 701 g/mol. The number of rotatable bonds is 7. The summed E-state index contributed by atoms with van der Waals surface area (Å²) in [5.41, 5.74) is 14.1. The summed E-state index contributed by atoms with van der Waals surface area (Å²) >= 11 is 0. The summed E-state index contributed by atoms with van der Waals surface area (Å²) in [4.78, 5) is 2.39. The van der Waals surface area contributed by atoms with Gasteiger partial charge in [0.25, 0.3) is 0 Å². The minimum atomic E-state index is 1.09. The molecule has 2 heteroatoms. The molecule has 0 aliphatic carbocycles. The van der Waals surface area contributed by atoms with Crippen LogP contribution in [-0.4, -0.2) is 4.57 Å². The van der Waals surface area contributed by atoms with Crippen LogP contribution in [0.15, 0.2) is 231 Å². The molecule has 272 valence electrons. The predicted molar refractivity (Wildman–Crippen MR) is 247 cm³/mol. The molecule has 0 unspecified atom stereocenters. The van der Waals surface area contributed by atoms with Crippen molar-refractivity contribution in [2.24, 2.45) is 0 Å². The highest BCUT2D eigenvalue weighted by Crippen LogP contribution is 2.43. The number of aromatic nitrogens is 1. The molecule has 10 aromatic carbocycles. The van der Waals surface area contributed by atoms with Crippen LogP contribution in [0.2, 0.25) is 0 Å². The Hall–Kier alpha value is -7.68. The van der Waals surface area contributed by atoms with Gasteiger partial charge in [0.1, 0.15) is 0 Å². The average molecular weight is 739 g/mol. The van der Waals surface area contributed by atoms with Gasteiger partial charge in [-0.15, -0.1) is 0 Å². The molecule has 11 aromatic rings. The summed E-state index contributed by atoms with van der Waals surface area (Å²) in [7, 11) is 0. The molecule has 1 heterocycles. The third-order valence-electron chi connectivity index (χ3n) is 11.6. The second kappa shape index (κ2) is 14.1. The molecule has 1 aromatic heterocycles. The number of hydrogen-bond acceptors (Lipinski definition) is 1. The maximum absolute atomic E-state index is 2.43. The number of fused-ring (bicyclic) bond motifs is 6. The van der Waals surface area contributed by atoms with Gasteiger partial charge in [-0.3, -0.25) is 0 Å². The fourth-order valence-electron chi connectivity index (χ4n) is 8.87. The van der Waals surface area contributed by atoms with Crippen molar-refractivity contribution in [2.45, 2.75) is 0 Å². The zero-order chi connectivity index (χ0) is 38.4. The molecule has 0 atom stereocenters. The maximum atomic E-state index is 2.43. The molecule has 0 bridgehead atoms. The van der Waals surface area contributed by atoms with Crippen LogP contribution in [0.5, 0.6) is 0 Å². The second-order valence-electron chi connectivity index (χ2n) is 14.9. The first-order valence-corrected chi connectivity index (χ1v) is 19.9. The molecule has 0 radical (unpaired) electrons. The highest BCUT2D eigenvalue weighted by Gasteiger charge is 2.19. The van der Waals surface area contributed by atoms with Crippen LogP contribution < -0.4 is 4.90 Å². The van der Waals surface area contributed by atoms with Crippen LogP contribution >= 0.6 is 0 Å². The van der Waals surface area contributed by atoms with E-state index in [9.17, 15) is 0 Å². The molecule has 11 rings (SSSR count). The van der Waals surface area contributed by atoms with Gasteiger partial charge in [-0.05, 0) is 110 Å². The molecule has 0 N–H and O–H groups in total. The molecular formula is C56H38N2. The Morgan fingerprint density at radius 1 is 0.310 bits per heavy atom. The Labute approximate surface area is 338 Å². The third kappa shape index (κ3) is 5.74. The van der Waals surface area contributed by atoms with E-state index in [1.165, 1.54) is 76.7 Å². The first-order valence-electron chi connectivity index (χ1n) is 19.9. The van der Waals surface area contributed by atoms with E-state index >= 15 is 0 Å². The predicted octanol–water partition coefficient (Wildman–Crippen LogP) is 15.6. The lowest BCUT2D eigenvalue weighted by Gasteiger charge is -2.27. The maximum Gasteiger partial charge on any atom is 0.0547 e. The molecule has 0 amide bonds. The van der Waals surface area contributed by atoms with Crippen molar-refractivity contribution < 1.29 is 0 Å². The van der Waals surface area contributed by atoms with Gasteiger partial charge < -0.3 is 9.47 Å². The topological polar surface area (TPSA) is 8.17 Å². The summed E-state index contributed by atoms with van der Waals surface area (Å²) in [6.45, 7) is 0. The highest BCUT2D eigenvalue weighted by molar-refractivity contribution is 6.24. The summed E-state index contributed by atoms with van der Waals surface area (Å²) < 4.78 is 2.43. The number of nitrogens with zero attached hydrogens (tertiary/aromatic N) is 2. The van der Waals surface area contributed by atoms with Crippen molar-refractivity contribution in [3.8, 4) is 39.1 Å². The van der Waals surface area contributed by atoms with E-state index in [1.54, 1.807) is 0 Å². The molecule has 0 saturated heterocycles. The summed E-state index contributed by atoms with van der Waals surface area (Å²) in [6.07, 6.45) is 0. The van der Waals surface area contributed by atoms with Crippen molar-refractivity contribution in [1.82, 2.24) is 4.57 Å². The molecule has 0 fully saturated rings. The van der Waals surface area contributed by atoms with E-state index < -0.39 is 0 Å². The summed E-state index contributed by atoms with van der Waals surface area (Å²) in [5.74, 6) is 0. The minimum Gasteiger partial charge on any atom is -0.310 e. The van der Waals surface area contributed by atoms with Crippen LogP contribution in [0, 0.1) is 0 Å². The first kappa shape index (κ1) is 33.6. The van der Waals surface area contributed by atoms with Gasteiger partial charge in [0.05, 0.1) is 16.7 Å². The molecule has 2 nitrogen and oxygen atoms in total. The highest BCUT2D eigenvalue weighted by atomic mass is 15.1. The Morgan fingerprint density at radius 2 is 0.862 bits per heavy atom. The fraction of sp³-hybridized carbons (Fsp3) is 0. The van der Waals surface area contributed by atoms with Crippen molar-refractivity contribution >= 4 is 60.4 Å². The number of anilines is 3. The Balaban J connectivity index is 1.04. The number of para-hydroxylation sites is 1. The molecule has 0 spiro atoms. The smallest absolute Gasteiger partial charge is 0.0547 e. The average Bonchev–Trinajstić information content (AvgIpc) is 3.65. The van der Waals surface area contributed by atoms with Crippen molar-refractivity contribution in [1.29, 1.82) is 0 Å². The molecule has 0 saturated carbocycles. The number of hydrogen-bond donors (Lipinski definition) is 0. The van der Waals surface area contributed by atoms with E-state index in [0.717, 1.165) is 22.7 Å². The first-order chi connectivity index (χ1) is 28.8. The normalized spacial score (nSPS) is 11.4. The molecule has 0 aliphatic rings. The zero-order valence-electron chi connectivity index (χ0n) is 31.8. The molecule has 58 heavy (non-hydrogen) atoms. The largest absolute Gasteiger partial charge is 0.310 e. The van der Waals surface area contributed by atoms with Crippen molar-refractivity contribution in [3.05, 3.63) is 231 Å². The van der Waals surface area contributed by atoms with Crippen LogP contribution in [-0.2, 0) is 0 Å². The van der Waals surface area contributed by atoms with E-state index in [-0.39, 0.29) is 0 Å². The fourth-order valence-corrected chi connectivity index (χ4v) is 8.87. The monoisotopic (exact) mass is 738 g/mol. The van der Waals surface area contributed by atoms with Gasteiger partial charge in [-0.1, -0.05) is 170 Å². The molecule has 0 aliphatic heterocycles.